The first-order chi connectivity index (χ1) is 11.8. The third-order valence-corrected chi connectivity index (χ3v) is 3.78. The summed E-state index contributed by atoms with van der Waals surface area (Å²) in [7, 11) is 1.32. The second-order valence-corrected chi connectivity index (χ2v) is 6.23. The van der Waals surface area contributed by atoms with Crippen LogP contribution in [0.2, 0.25) is 0 Å². The molecular weight excluding hydrogens is 326 g/mol. The van der Waals surface area contributed by atoms with Crippen LogP contribution in [0.4, 0.5) is 0 Å². The maximum atomic E-state index is 12.2. The smallest absolute Gasteiger partial charge is 0.339 e. The van der Waals surface area contributed by atoms with Gasteiger partial charge in [0.1, 0.15) is 13.2 Å². The van der Waals surface area contributed by atoms with Gasteiger partial charge in [0.05, 0.1) is 24.0 Å². The van der Waals surface area contributed by atoms with Crippen LogP contribution in [-0.2, 0) is 23.8 Å². The fourth-order valence-electron chi connectivity index (χ4n) is 2.33. The van der Waals surface area contributed by atoms with Crippen molar-refractivity contribution in [3.63, 3.8) is 0 Å². The number of nitrogens with zero attached hydrogens (tertiary/aromatic N) is 1. The van der Waals surface area contributed by atoms with Gasteiger partial charge in [-0.2, -0.15) is 0 Å². The number of hydrogen-bond donors (Lipinski definition) is 0. The highest BCUT2D eigenvalue weighted by atomic mass is 16.6. The second-order valence-electron chi connectivity index (χ2n) is 6.23. The average Bonchev–Trinajstić information content (AvgIpc) is 2.62. The minimum absolute atomic E-state index is 0.0417. The molecule has 25 heavy (non-hydrogen) atoms. The number of carbonyl (C=O) groups is 3. The molecule has 1 aromatic heterocycles. The summed E-state index contributed by atoms with van der Waals surface area (Å²) in [6.45, 7) is 5.22. The first-order valence-corrected chi connectivity index (χ1v) is 8.14. The third kappa shape index (κ3) is 6.52. The number of esters is 3. The summed E-state index contributed by atoms with van der Waals surface area (Å²) in [6.07, 6.45) is 3.81. The van der Waals surface area contributed by atoms with Gasteiger partial charge in [-0.05, 0) is 38.8 Å². The highest BCUT2D eigenvalue weighted by molar-refractivity contribution is 5.88. The standard InChI is InChI=1S/C18H25NO6/c1-5-13(11-18(2,3)17(22)23-4)15(20)24-9-10-25-16(21)14-7-6-8-19-12-14/h6-8,12-13H,5,9-11H2,1-4H3. The van der Waals surface area contributed by atoms with Crippen LogP contribution in [0.3, 0.4) is 0 Å². The monoisotopic (exact) mass is 351 g/mol. The molecule has 0 radical (unpaired) electrons. The lowest BCUT2D eigenvalue weighted by molar-refractivity contribution is -0.156. The molecule has 1 atom stereocenters. The van der Waals surface area contributed by atoms with Crippen LogP contribution in [0.5, 0.6) is 0 Å². The van der Waals surface area contributed by atoms with Gasteiger partial charge in [0.25, 0.3) is 0 Å². The minimum Gasteiger partial charge on any atom is -0.469 e. The van der Waals surface area contributed by atoms with Gasteiger partial charge < -0.3 is 14.2 Å². The molecule has 0 saturated carbocycles. The Morgan fingerprint density at radius 3 is 2.44 bits per heavy atom. The van der Waals surface area contributed by atoms with Gasteiger partial charge in [-0.1, -0.05) is 6.92 Å². The molecule has 1 rings (SSSR count). The Bertz CT molecular complexity index is 584. The lowest BCUT2D eigenvalue weighted by atomic mass is 9.82. The lowest BCUT2D eigenvalue weighted by Crippen LogP contribution is -2.32. The van der Waals surface area contributed by atoms with Crippen LogP contribution >= 0.6 is 0 Å². The number of methoxy groups -OCH3 is 1. The van der Waals surface area contributed by atoms with Crippen molar-refractivity contribution >= 4 is 17.9 Å². The van der Waals surface area contributed by atoms with E-state index in [2.05, 4.69) is 4.98 Å². The Morgan fingerprint density at radius 2 is 1.88 bits per heavy atom. The molecule has 0 aliphatic carbocycles. The van der Waals surface area contributed by atoms with Crippen LogP contribution in [0.25, 0.3) is 0 Å². The summed E-state index contributed by atoms with van der Waals surface area (Å²) >= 11 is 0. The molecule has 0 spiro atoms. The van der Waals surface area contributed by atoms with E-state index in [-0.39, 0.29) is 19.2 Å². The molecule has 0 aromatic carbocycles. The molecular formula is C18H25NO6. The molecule has 7 nitrogen and oxygen atoms in total. The van der Waals surface area contributed by atoms with Crippen molar-refractivity contribution in [2.75, 3.05) is 20.3 Å². The SMILES string of the molecule is CCC(CC(C)(C)C(=O)OC)C(=O)OCCOC(=O)c1cccnc1. The predicted molar refractivity (Wildman–Crippen MR) is 89.7 cm³/mol. The van der Waals surface area contributed by atoms with Crippen molar-refractivity contribution in [2.45, 2.75) is 33.6 Å². The van der Waals surface area contributed by atoms with E-state index in [1.165, 1.54) is 13.3 Å². The zero-order valence-electron chi connectivity index (χ0n) is 15.1. The number of hydrogen-bond acceptors (Lipinski definition) is 7. The summed E-state index contributed by atoms with van der Waals surface area (Å²) in [5.74, 6) is -1.74. The number of rotatable bonds is 9. The Hall–Kier alpha value is -2.44. The quantitative estimate of drug-likeness (QED) is 0.383. The molecule has 0 fully saturated rings. The van der Waals surface area contributed by atoms with Gasteiger partial charge >= 0.3 is 17.9 Å². The molecule has 0 aliphatic rings. The van der Waals surface area contributed by atoms with Crippen LogP contribution in [0.15, 0.2) is 24.5 Å². The molecule has 1 heterocycles. The number of aromatic nitrogens is 1. The molecule has 138 valence electrons. The molecule has 7 heteroatoms. The minimum atomic E-state index is -0.777. The van der Waals surface area contributed by atoms with Gasteiger partial charge in [0.15, 0.2) is 0 Å². The summed E-state index contributed by atoms with van der Waals surface area (Å²) in [5.41, 5.74) is -0.443. The zero-order chi connectivity index (χ0) is 18.9. The Balaban J connectivity index is 2.41. The zero-order valence-corrected chi connectivity index (χ0v) is 15.1. The first kappa shape index (κ1) is 20.6. The van der Waals surface area contributed by atoms with E-state index >= 15 is 0 Å². The fourth-order valence-corrected chi connectivity index (χ4v) is 2.33. The Labute approximate surface area is 147 Å². The summed E-state index contributed by atoms with van der Waals surface area (Å²) in [4.78, 5) is 39.4. The Morgan fingerprint density at radius 1 is 1.20 bits per heavy atom. The number of pyridine rings is 1. The van der Waals surface area contributed by atoms with Crippen LogP contribution in [-0.4, -0.2) is 43.2 Å². The van der Waals surface area contributed by atoms with E-state index in [1.807, 2.05) is 6.92 Å². The molecule has 0 amide bonds. The van der Waals surface area contributed by atoms with Gasteiger partial charge in [-0.3, -0.25) is 14.6 Å². The van der Waals surface area contributed by atoms with E-state index in [4.69, 9.17) is 14.2 Å². The Kier molecular flexibility index (Phi) is 8.04. The average molecular weight is 351 g/mol. The number of carbonyl (C=O) groups excluding carboxylic acids is 3. The maximum Gasteiger partial charge on any atom is 0.339 e. The summed E-state index contributed by atoms with van der Waals surface area (Å²) < 4.78 is 14.9. The van der Waals surface area contributed by atoms with Crippen molar-refractivity contribution in [1.82, 2.24) is 4.98 Å². The summed E-state index contributed by atoms with van der Waals surface area (Å²) in [6, 6.07) is 3.22. The molecule has 1 aromatic rings. The maximum absolute atomic E-state index is 12.2. The van der Waals surface area contributed by atoms with Gasteiger partial charge in [-0.25, -0.2) is 4.79 Å². The summed E-state index contributed by atoms with van der Waals surface area (Å²) in [5, 5.41) is 0. The van der Waals surface area contributed by atoms with Crippen LogP contribution < -0.4 is 0 Å². The highest BCUT2D eigenvalue weighted by Gasteiger charge is 2.34. The van der Waals surface area contributed by atoms with E-state index in [0.29, 0.717) is 18.4 Å². The first-order valence-electron chi connectivity index (χ1n) is 8.14. The normalized spacial score (nSPS) is 12.2. The van der Waals surface area contributed by atoms with Crippen molar-refractivity contribution < 1.29 is 28.6 Å². The van der Waals surface area contributed by atoms with Gasteiger partial charge in [0, 0.05) is 12.4 Å². The molecule has 0 saturated heterocycles. The van der Waals surface area contributed by atoms with Crippen LogP contribution in [0, 0.1) is 11.3 Å². The fraction of sp³-hybridized carbons (Fsp3) is 0.556. The van der Waals surface area contributed by atoms with Crippen molar-refractivity contribution in [3.05, 3.63) is 30.1 Å². The van der Waals surface area contributed by atoms with Crippen molar-refractivity contribution in [3.8, 4) is 0 Å². The van der Waals surface area contributed by atoms with Gasteiger partial charge in [-0.15, -0.1) is 0 Å². The largest absolute Gasteiger partial charge is 0.469 e. The van der Waals surface area contributed by atoms with E-state index < -0.39 is 23.3 Å². The van der Waals surface area contributed by atoms with E-state index in [0.717, 1.165) is 0 Å². The van der Waals surface area contributed by atoms with Crippen molar-refractivity contribution in [1.29, 1.82) is 0 Å². The molecule has 0 N–H and O–H groups in total. The molecule has 1 unspecified atom stereocenters. The second kappa shape index (κ2) is 9.76. The predicted octanol–water partition coefficient (Wildman–Crippen LogP) is 2.40. The van der Waals surface area contributed by atoms with Gasteiger partial charge in [0.2, 0.25) is 0 Å². The molecule has 0 aliphatic heterocycles. The van der Waals surface area contributed by atoms with E-state index in [1.54, 1.807) is 32.2 Å². The van der Waals surface area contributed by atoms with Crippen molar-refractivity contribution in [2.24, 2.45) is 11.3 Å². The lowest BCUT2D eigenvalue weighted by Gasteiger charge is -2.25. The topological polar surface area (TPSA) is 91.8 Å². The highest BCUT2D eigenvalue weighted by Crippen LogP contribution is 2.29. The number of ether oxygens (including phenoxy) is 3. The molecule has 0 bridgehead atoms. The third-order valence-electron chi connectivity index (χ3n) is 3.78. The van der Waals surface area contributed by atoms with Crippen LogP contribution in [0.1, 0.15) is 44.0 Å². The van der Waals surface area contributed by atoms with E-state index in [9.17, 15) is 14.4 Å².